The van der Waals surface area contributed by atoms with Crippen LogP contribution in [0.5, 0.6) is 5.75 Å². The van der Waals surface area contributed by atoms with Crippen molar-refractivity contribution in [2.24, 2.45) is 17.8 Å². The van der Waals surface area contributed by atoms with Crippen molar-refractivity contribution in [1.82, 2.24) is 4.57 Å². The minimum absolute atomic E-state index is 0.0816. The summed E-state index contributed by atoms with van der Waals surface area (Å²) in [5, 5.41) is 10.8. The van der Waals surface area contributed by atoms with Gasteiger partial charge in [-0.15, -0.1) is 0 Å². The lowest BCUT2D eigenvalue weighted by atomic mass is 9.79. The van der Waals surface area contributed by atoms with Crippen LogP contribution in [0.25, 0.3) is 11.1 Å². The van der Waals surface area contributed by atoms with Gasteiger partial charge in [0.15, 0.2) is 17.4 Å². The second-order valence-corrected chi connectivity index (χ2v) is 9.63. The van der Waals surface area contributed by atoms with Crippen LogP contribution in [-0.4, -0.2) is 21.9 Å². The van der Waals surface area contributed by atoms with E-state index in [1.165, 1.54) is 25.1 Å². The zero-order chi connectivity index (χ0) is 28.3. The summed E-state index contributed by atoms with van der Waals surface area (Å²) in [7, 11) is 1.73. The number of rotatable bonds is 9. The van der Waals surface area contributed by atoms with Crippen molar-refractivity contribution in [3.63, 3.8) is 0 Å². The van der Waals surface area contributed by atoms with E-state index in [9.17, 15) is 13.9 Å². The van der Waals surface area contributed by atoms with E-state index in [1.54, 1.807) is 29.9 Å². The zero-order valence-electron chi connectivity index (χ0n) is 22.2. The number of aryl methyl sites for hydroxylation is 1. The molecule has 0 amide bonds. The average molecular weight is 532 g/mol. The lowest BCUT2D eigenvalue weighted by Gasteiger charge is -2.36. The van der Waals surface area contributed by atoms with Crippen molar-refractivity contribution in [3.8, 4) is 16.9 Å². The lowest BCUT2D eigenvalue weighted by Crippen LogP contribution is -2.45. The molecule has 0 aliphatic carbocycles. The van der Waals surface area contributed by atoms with Crippen LogP contribution in [0.15, 0.2) is 71.1 Å². The van der Waals surface area contributed by atoms with Gasteiger partial charge in [0.25, 0.3) is 0 Å². The number of hydrogen-bond donors (Lipinski definition) is 2. The first-order valence-corrected chi connectivity index (χ1v) is 12.2. The first kappa shape index (κ1) is 29.0. The number of benzene rings is 2. The maximum Gasteiger partial charge on any atom is 0.191 e. The summed E-state index contributed by atoms with van der Waals surface area (Å²) in [6, 6.07) is 10.5. The SMILES string of the molecule is CCC(C)=C(N)/N=c1/ccc(-c2ccc(F)c(OCCC(C)(F)C(C)(O)c3ccc(F)cc3)c2F)cn1C. The maximum absolute atomic E-state index is 15.5. The molecule has 204 valence electrons. The number of ether oxygens (including phenoxy) is 1. The fourth-order valence-electron chi connectivity index (χ4n) is 3.83. The van der Waals surface area contributed by atoms with Crippen molar-refractivity contribution < 1.29 is 27.4 Å². The molecule has 2 unspecified atom stereocenters. The van der Waals surface area contributed by atoms with Crippen LogP contribution in [0.4, 0.5) is 17.6 Å². The molecule has 0 saturated carbocycles. The van der Waals surface area contributed by atoms with Crippen LogP contribution >= 0.6 is 0 Å². The highest BCUT2D eigenvalue weighted by molar-refractivity contribution is 5.65. The van der Waals surface area contributed by atoms with Crippen molar-refractivity contribution in [3.05, 3.63) is 94.6 Å². The van der Waals surface area contributed by atoms with Gasteiger partial charge in [0, 0.05) is 30.8 Å². The summed E-state index contributed by atoms with van der Waals surface area (Å²) in [4.78, 5) is 4.40. The quantitative estimate of drug-likeness (QED) is 0.332. The molecular weight excluding hydrogens is 498 g/mol. The molecule has 0 aliphatic heterocycles. The largest absolute Gasteiger partial charge is 0.487 e. The van der Waals surface area contributed by atoms with E-state index in [-0.39, 0.29) is 11.1 Å². The normalized spacial score (nSPS) is 16.0. The minimum Gasteiger partial charge on any atom is -0.487 e. The van der Waals surface area contributed by atoms with Crippen molar-refractivity contribution in [2.75, 3.05) is 6.61 Å². The topological polar surface area (TPSA) is 72.8 Å². The molecule has 0 spiro atoms. The molecule has 0 fully saturated rings. The number of aromatic nitrogens is 1. The van der Waals surface area contributed by atoms with Gasteiger partial charge in [-0.2, -0.15) is 0 Å². The predicted molar refractivity (Wildman–Crippen MR) is 139 cm³/mol. The van der Waals surface area contributed by atoms with Gasteiger partial charge in [-0.05, 0) is 74.7 Å². The predicted octanol–water partition coefficient (Wildman–Crippen LogP) is 6.02. The van der Waals surface area contributed by atoms with Crippen molar-refractivity contribution in [2.45, 2.75) is 51.8 Å². The van der Waals surface area contributed by atoms with E-state index >= 15 is 8.78 Å². The molecule has 1 heterocycles. The smallest absolute Gasteiger partial charge is 0.191 e. The third kappa shape index (κ3) is 6.10. The Morgan fingerprint density at radius 2 is 1.71 bits per heavy atom. The molecule has 3 N–H and O–H groups in total. The minimum atomic E-state index is -2.26. The molecule has 3 aromatic rings. The van der Waals surface area contributed by atoms with Gasteiger partial charge in [-0.3, -0.25) is 0 Å². The monoisotopic (exact) mass is 531 g/mol. The lowest BCUT2D eigenvalue weighted by molar-refractivity contribution is -0.0956. The van der Waals surface area contributed by atoms with Crippen LogP contribution < -0.4 is 16.0 Å². The van der Waals surface area contributed by atoms with E-state index in [1.807, 2.05) is 13.8 Å². The number of alkyl halides is 1. The van der Waals surface area contributed by atoms with Gasteiger partial charge in [0.05, 0.1) is 6.61 Å². The number of allylic oxidation sites excluding steroid dienone is 1. The second-order valence-electron chi connectivity index (χ2n) is 9.63. The fraction of sp³-hybridized carbons (Fsp3) is 0.345. The maximum atomic E-state index is 15.5. The van der Waals surface area contributed by atoms with Gasteiger partial charge in [-0.25, -0.2) is 22.6 Å². The number of nitrogens with two attached hydrogens (primary N) is 1. The fourth-order valence-corrected chi connectivity index (χ4v) is 3.83. The Hall–Kier alpha value is -3.59. The van der Waals surface area contributed by atoms with E-state index in [2.05, 4.69) is 4.99 Å². The van der Waals surface area contributed by atoms with Gasteiger partial charge < -0.3 is 20.1 Å². The summed E-state index contributed by atoms with van der Waals surface area (Å²) in [6.07, 6.45) is 2.00. The number of hydrogen-bond acceptors (Lipinski definition) is 4. The third-order valence-corrected chi connectivity index (χ3v) is 6.91. The summed E-state index contributed by atoms with van der Waals surface area (Å²) in [5.41, 5.74) is 3.92. The molecule has 3 rings (SSSR count). The van der Waals surface area contributed by atoms with Crippen molar-refractivity contribution in [1.29, 1.82) is 0 Å². The molecule has 2 atom stereocenters. The molecule has 1 aromatic heterocycles. The highest BCUT2D eigenvalue weighted by Gasteiger charge is 2.45. The summed E-state index contributed by atoms with van der Waals surface area (Å²) in [6.45, 7) is 5.84. The van der Waals surface area contributed by atoms with Gasteiger partial charge in [-0.1, -0.05) is 19.1 Å². The Morgan fingerprint density at radius 1 is 1.05 bits per heavy atom. The van der Waals surface area contributed by atoms with Gasteiger partial charge in [0.1, 0.15) is 28.4 Å². The van der Waals surface area contributed by atoms with E-state index in [4.69, 9.17) is 10.5 Å². The van der Waals surface area contributed by atoms with Crippen LogP contribution in [0, 0.1) is 17.5 Å². The molecule has 0 bridgehead atoms. The highest BCUT2D eigenvalue weighted by Crippen LogP contribution is 2.39. The Kier molecular flexibility index (Phi) is 8.72. The van der Waals surface area contributed by atoms with Crippen LogP contribution in [0.2, 0.25) is 0 Å². The molecule has 0 saturated heterocycles. The van der Waals surface area contributed by atoms with E-state index in [0.29, 0.717) is 16.9 Å². The number of pyridine rings is 1. The first-order valence-electron chi connectivity index (χ1n) is 12.2. The Bertz CT molecular complexity index is 1390. The molecule has 0 aliphatic rings. The van der Waals surface area contributed by atoms with E-state index < -0.39 is 47.5 Å². The third-order valence-electron chi connectivity index (χ3n) is 6.91. The Labute approximate surface area is 219 Å². The standard InChI is InChI=1S/C29H33F4N3O2/c1-6-18(2)27(34)35-24-14-7-19(17-36(24)5)22-12-13-23(31)26(25(22)32)38-16-15-28(3,33)29(4,37)20-8-10-21(30)11-9-20/h7-14,17,37H,6,15-16,34H2,1-5H3/b27-18?,35-24-. The second kappa shape index (κ2) is 11.4. The van der Waals surface area contributed by atoms with Crippen LogP contribution in [0.1, 0.15) is 46.1 Å². The summed E-state index contributed by atoms with van der Waals surface area (Å²) < 4.78 is 65.7. The summed E-state index contributed by atoms with van der Waals surface area (Å²) >= 11 is 0. The number of aliphatic hydroxyl groups is 1. The van der Waals surface area contributed by atoms with Crippen LogP contribution in [-0.2, 0) is 12.6 Å². The Balaban J connectivity index is 1.83. The van der Waals surface area contributed by atoms with Crippen LogP contribution in [0.3, 0.4) is 0 Å². The van der Waals surface area contributed by atoms with E-state index in [0.717, 1.165) is 37.1 Å². The van der Waals surface area contributed by atoms with Gasteiger partial charge >= 0.3 is 0 Å². The Morgan fingerprint density at radius 3 is 2.32 bits per heavy atom. The highest BCUT2D eigenvalue weighted by atomic mass is 19.1. The molecule has 38 heavy (non-hydrogen) atoms. The molecule has 5 nitrogen and oxygen atoms in total. The molecule has 9 heteroatoms. The first-order chi connectivity index (χ1) is 17.8. The molecular formula is C29H33F4N3O2. The average Bonchev–Trinajstić information content (AvgIpc) is 2.86. The van der Waals surface area contributed by atoms with Crippen molar-refractivity contribution >= 4 is 0 Å². The number of halogens is 4. The van der Waals surface area contributed by atoms with Gasteiger partial charge in [0.2, 0.25) is 0 Å². The number of nitrogens with zero attached hydrogens (tertiary/aromatic N) is 2. The molecule has 0 radical (unpaired) electrons. The molecule has 2 aromatic carbocycles. The summed E-state index contributed by atoms with van der Waals surface area (Å²) in [5.74, 6) is -2.66. The zero-order valence-corrected chi connectivity index (χ0v) is 22.2.